The minimum atomic E-state index is -0.0190. The van der Waals surface area contributed by atoms with Crippen LogP contribution in [0.2, 0.25) is 0 Å². The second kappa shape index (κ2) is 5.65. The number of rotatable bonds is 5. The highest BCUT2D eigenvalue weighted by Gasteiger charge is 2.19. The van der Waals surface area contributed by atoms with Crippen LogP contribution in [-0.2, 0) is 0 Å². The van der Waals surface area contributed by atoms with Gasteiger partial charge in [0, 0.05) is 23.6 Å². The van der Waals surface area contributed by atoms with Crippen molar-refractivity contribution < 1.29 is 4.79 Å². The quantitative estimate of drug-likeness (QED) is 0.818. The van der Waals surface area contributed by atoms with Gasteiger partial charge in [0.1, 0.15) is 0 Å². The fraction of sp³-hybridized carbons (Fsp3) is 0.462. The summed E-state index contributed by atoms with van der Waals surface area (Å²) in [6.07, 6.45) is 2.55. The predicted molar refractivity (Wildman–Crippen MR) is 72.2 cm³/mol. The minimum Gasteiger partial charge on any atom is -0.351 e. The molecular formula is C13H17BrN2O. The van der Waals surface area contributed by atoms with E-state index in [1.807, 2.05) is 25.1 Å². The van der Waals surface area contributed by atoms with Crippen LogP contribution in [0.5, 0.6) is 0 Å². The van der Waals surface area contributed by atoms with Gasteiger partial charge in [-0.15, -0.1) is 0 Å². The third-order valence-electron chi connectivity index (χ3n) is 2.79. The van der Waals surface area contributed by atoms with E-state index in [-0.39, 0.29) is 5.91 Å². The number of nitrogens with one attached hydrogen (secondary N) is 2. The van der Waals surface area contributed by atoms with Crippen molar-refractivity contribution in [3.05, 3.63) is 33.8 Å². The first-order chi connectivity index (χ1) is 8.16. The average Bonchev–Trinajstić information content (AvgIpc) is 3.08. The van der Waals surface area contributed by atoms with Crippen LogP contribution in [0.4, 0.5) is 0 Å². The largest absolute Gasteiger partial charge is 0.351 e. The van der Waals surface area contributed by atoms with Gasteiger partial charge in [-0.05, 0) is 53.4 Å². The summed E-state index contributed by atoms with van der Waals surface area (Å²) >= 11 is 3.41. The van der Waals surface area contributed by atoms with E-state index in [1.54, 1.807) is 0 Å². The van der Waals surface area contributed by atoms with Crippen LogP contribution in [-0.4, -0.2) is 25.0 Å². The van der Waals surface area contributed by atoms with Crippen molar-refractivity contribution >= 4 is 21.8 Å². The Labute approximate surface area is 110 Å². The molecule has 17 heavy (non-hydrogen) atoms. The number of amides is 1. The van der Waals surface area contributed by atoms with Gasteiger partial charge < -0.3 is 10.6 Å². The molecule has 1 amide bonds. The molecule has 1 aliphatic rings. The molecule has 0 aromatic heterocycles. The van der Waals surface area contributed by atoms with Gasteiger partial charge in [-0.2, -0.15) is 0 Å². The maximum Gasteiger partial charge on any atom is 0.252 e. The highest BCUT2D eigenvalue weighted by Crippen LogP contribution is 2.18. The van der Waals surface area contributed by atoms with Gasteiger partial charge in [-0.3, -0.25) is 4.79 Å². The molecule has 4 heteroatoms. The van der Waals surface area contributed by atoms with Gasteiger partial charge in [0.25, 0.3) is 5.91 Å². The molecule has 1 aromatic carbocycles. The van der Waals surface area contributed by atoms with Crippen LogP contribution in [0.1, 0.15) is 28.8 Å². The molecule has 0 bridgehead atoms. The average molecular weight is 297 g/mol. The third-order valence-corrected chi connectivity index (χ3v) is 3.45. The second-order valence-corrected chi connectivity index (χ2v) is 5.32. The molecule has 0 saturated heterocycles. The number of carbonyl (C=O) groups is 1. The van der Waals surface area contributed by atoms with Crippen molar-refractivity contribution in [3.8, 4) is 0 Å². The van der Waals surface area contributed by atoms with Crippen molar-refractivity contribution in [2.45, 2.75) is 25.8 Å². The van der Waals surface area contributed by atoms with E-state index in [2.05, 4.69) is 26.6 Å². The summed E-state index contributed by atoms with van der Waals surface area (Å²) in [6, 6.07) is 6.45. The van der Waals surface area contributed by atoms with Gasteiger partial charge >= 0.3 is 0 Å². The van der Waals surface area contributed by atoms with Crippen molar-refractivity contribution in [2.24, 2.45) is 0 Å². The van der Waals surface area contributed by atoms with Gasteiger partial charge in [0.2, 0.25) is 0 Å². The lowest BCUT2D eigenvalue weighted by Gasteiger charge is -2.08. The second-order valence-electron chi connectivity index (χ2n) is 4.47. The fourth-order valence-corrected chi connectivity index (χ4v) is 2.31. The summed E-state index contributed by atoms with van der Waals surface area (Å²) in [5, 5.41) is 6.27. The number of hydrogen-bond donors (Lipinski definition) is 2. The molecule has 92 valence electrons. The molecule has 0 atom stereocenters. The van der Waals surface area contributed by atoms with Crippen LogP contribution in [0.3, 0.4) is 0 Å². The summed E-state index contributed by atoms with van der Waals surface area (Å²) in [5.41, 5.74) is 1.84. The first kappa shape index (κ1) is 12.6. The molecule has 1 aliphatic carbocycles. The zero-order valence-electron chi connectivity index (χ0n) is 9.92. The van der Waals surface area contributed by atoms with E-state index in [0.717, 1.165) is 16.6 Å². The lowest BCUT2D eigenvalue weighted by Crippen LogP contribution is -2.32. The molecule has 3 nitrogen and oxygen atoms in total. The summed E-state index contributed by atoms with van der Waals surface area (Å²) in [5.74, 6) is -0.0190. The monoisotopic (exact) mass is 296 g/mol. The Bertz CT molecular complexity index is 416. The molecule has 0 heterocycles. The highest BCUT2D eigenvalue weighted by molar-refractivity contribution is 9.10. The maximum atomic E-state index is 11.9. The Hall–Kier alpha value is -0.870. The van der Waals surface area contributed by atoms with Crippen molar-refractivity contribution in [1.29, 1.82) is 0 Å². The first-order valence-corrected chi connectivity index (χ1v) is 6.74. The van der Waals surface area contributed by atoms with Gasteiger partial charge in [0.15, 0.2) is 0 Å². The molecule has 0 radical (unpaired) electrons. The van der Waals surface area contributed by atoms with E-state index in [0.29, 0.717) is 18.2 Å². The van der Waals surface area contributed by atoms with Crippen molar-refractivity contribution in [2.75, 3.05) is 13.1 Å². The number of halogens is 1. The Morgan fingerprint density at radius 3 is 2.82 bits per heavy atom. The Balaban J connectivity index is 1.81. The Morgan fingerprint density at radius 2 is 2.18 bits per heavy atom. The Kier molecular flexibility index (Phi) is 4.18. The first-order valence-electron chi connectivity index (χ1n) is 5.94. The molecule has 2 N–H and O–H groups in total. The number of aryl methyl sites for hydroxylation is 1. The van der Waals surface area contributed by atoms with E-state index in [9.17, 15) is 4.79 Å². The summed E-state index contributed by atoms with van der Waals surface area (Å²) in [7, 11) is 0. The number of carbonyl (C=O) groups excluding carboxylic acids is 1. The zero-order chi connectivity index (χ0) is 12.3. The molecule has 2 rings (SSSR count). The standard InChI is InChI=1S/C13H17BrN2O/c1-9-2-5-11(12(14)8-9)13(17)16-7-6-15-10-3-4-10/h2,5,8,10,15H,3-4,6-7H2,1H3,(H,16,17). The molecule has 0 spiro atoms. The smallest absolute Gasteiger partial charge is 0.252 e. The lowest BCUT2D eigenvalue weighted by atomic mass is 10.1. The van der Waals surface area contributed by atoms with Gasteiger partial charge in [-0.1, -0.05) is 6.07 Å². The van der Waals surface area contributed by atoms with E-state index >= 15 is 0 Å². The maximum absolute atomic E-state index is 11.9. The van der Waals surface area contributed by atoms with E-state index < -0.39 is 0 Å². The number of hydrogen-bond acceptors (Lipinski definition) is 2. The van der Waals surface area contributed by atoms with Crippen LogP contribution in [0.25, 0.3) is 0 Å². The lowest BCUT2D eigenvalue weighted by molar-refractivity contribution is 0.0953. The SMILES string of the molecule is Cc1ccc(C(=O)NCCNC2CC2)c(Br)c1. The molecular weight excluding hydrogens is 280 g/mol. The molecule has 1 saturated carbocycles. The van der Waals surface area contributed by atoms with E-state index in [4.69, 9.17) is 0 Å². The Morgan fingerprint density at radius 1 is 1.41 bits per heavy atom. The van der Waals surface area contributed by atoms with Gasteiger partial charge in [-0.25, -0.2) is 0 Å². The fourth-order valence-electron chi connectivity index (χ4n) is 1.64. The van der Waals surface area contributed by atoms with Crippen molar-refractivity contribution in [3.63, 3.8) is 0 Å². The highest BCUT2D eigenvalue weighted by atomic mass is 79.9. The number of benzene rings is 1. The molecule has 0 aliphatic heterocycles. The van der Waals surface area contributed by atoms with Crippen LogP contribution in [0.15, 0.2) is 22.7 Å². The summed E-state index contributed by atoms with van der Waals surface area (Å²) < 4.78 is 0.852. The zero-order valence-corrected chi connectivity index (χ0v) is 11.5. The molecule has 0 unspecified atom stereocenters. The van der Waals surface area contributed by atoms with Crippen LogP contribution >= 0.6 is 15.9 Å². The van der Waals surface area contributed by atoms with Crippen LogP contribution < -0.4 is 10.6 Å². The summed E-state index contributed by atoms with van der Waals surface area (Å²) in [6.45, 7) is 3.53. The molecule has 1 aromatic rings. The van der Waals surface area contributed by atoms with Crippen molar-refractivity contribution in [1.82, 2.24) is 10.6 Å². The predicted octanol–water partition coefficient (Wildman–Crippen LogP) is 2.24. The van der Waals surface area contributed by atoms with Gasteiger partial charge in [0.05, 0.1) is 5.56 Å². The summed E-state index contributed by atoms with van der Waals surface area (Å²) in [4.78, 5) is 11.9. The molecule has 1 fully saturated rings. The minimum absolute atomic E-state index is 0.0190. The van der Waals surface area contributed by atoms with E-state index in [1.165, 1.54) is 12.8 Å². The third kappa shape index (κ3) is 3.82. The van der Waals surface area contributed by atoms with Crippen LogP contribution in [0, 0.1) is 6.92 Å². The topological polar surface area (TPSA) is 41.1 Å². The normalized spacial score (nSPS) is 14.7.